The summed E-state index contributed by atoms with van der Waals surface area (Å²) in [6, 6.07) is 2.87. The van der Waals surface area contributed by atoms with E-state index in [-0.39, 0.29) is 20.6 Å². The van der Waals surface area contributed by atoms with Gasteiger partial charge in [-0.15, -0.1) is 0 Å². The summed E-state index contributed by atoms with van der Waals surface area (Å²) in [5.74, 6) is 0.322. The number of anilines is 1. The van der Waals surface area contributed by atoms with E-state index in [2.05, 4.69) is 13.8 Å². The molecular formula is C14H22Cl2N2O2S. The molecule has 21 heavy (non-hydrogen) atoms. The first-order valence-electron chi connectivity index (χ1n) is 7.03. The van der Waals surface area contributed by atoms with Crippen LogP contribution in [0.25, 0.3) is 0 Å². The highest BCUT2D eigenvalue weighted by Gasteiger charge is 2.28. The van der Waals surface area contributed by atoms with E-state index in [1.54, 1.807) is 0 Å². The van der Waals surface area contributed by atoms with Crippen molar-refractivity contribution in [2.75, 3.05) is 18.8 Å². The number of nitrogens with two attached hydrogens (primary N) is 1. The third-order valence-corrected chi connectivity index (χ3v) is 6.51. The summed E-state index contributed by atoms with van der Waals surface area (Å²) in [4.78, 5) is 0.0128. The van der Waals surface area contributed by atoms with Crippen LogP contribution in [-0.2, 0) is 10.0 Å². The lowest BCUT2D eigenvalue weighted by Gasteiger charge is -2.25. The zero-order chi connectivity index (χ0) is 16.2. The Bertz CT molecular complexity index is 587. The van der Waals surface area contributed by atoms with Gasteiger partial charge in [-0.1, -0.05) is 56.8 Å². The van der Waals surface area contributed by atoms with Crippen molar-refractivity contribution < 1.29 is 8.42 Å². The maximum absolute atomic E-state index is 12.8. The van der Waals surface area contributed by atoms with Gasteiger partial charge in [0.05, 0.1) is 15.7 Å². The first kappa shape index (κ1) is 18.6. The molecule has 0 aliphatic heterocycles. The number of halogens is 2. The first-order valence-corrected chi connectivity index (χ1v) is 9.22. The molecule has 0 saturated carbocycles. The molecule has 0 amide bonds. The van der Waals surface area contributed by atoms with Crippen LogP contribution in [-0.4, -0.2) is 25.8 Å². The highest BCUT2D eigenvalue weighted by molar-refractivity contribution is 7.89. The molecule has 0 aliphatic rings. The smallest absolute Gasteiger partial charge is 0.244 e. The highest BCUT2D eigenvalue weighted by Crippen LogP contribution is 2.34. The Morgan fingerprint density at radius 1 is 1.19 bits per heavy atom. The fourth-order valence-electron chi connectivity index (χ4n) is 2.12. The van der Waals surface area contributed by atoms with E-state index in [0.29, 0.717) is 19.0 Å². The SMILES string of the molecule is CCC(CC)CN(CC)S(=O)(=O)c1ccc(Cl)c(N)c1Cl. The molecule has 1 aromatic carbocycles. The number of sulfonamides is 1. The van der Waals surface area contributed by atoms with Crippen LogP contribution in [0, 0.1) is 5.92 Å². The van der Waals surface area contributed by atoms with Crippen LogP contribution >= 0.6 is 23.2 Å². The number of benzene rings is 1. The predicted octanol–water partition coefficient (Wildman–Crippen LogP) is 4.02. The van der Waals surface area contributed by atoms with E-state index < -0.39 is 10.0 Å². The lowest BCUT2D eigenvalue weighted by molar-refractivity contribution is 0.339. The van der Waals surface area contributed by atoms with E-state index in [1.165, 1.54) is 16.4 Å². The van der Waals surface area contributed by atoms with Crippen LogP contribution in [0.1, 0.15) is 33.6 Å². The molecule has 1 aromatic rings. The van der Waals surface area contributed by atoms with Crippen LogP contribution < -0.4 is 5.73 Å². The zero-order valence-electron chi connectivity index (χ0n) is 12.6. The Morgan fingerprint density at radius 2 is 1.76 bits per heavy atom. The first-order chi connectivity index (χ1) is 9.79. The van der Waals surface area contributed by atoms with Gasteiger partial charge in [-0.25, -0.2) is 8.42 Å². The maximum atomic E-state index is 12.8. The average molecular weight is 353 g/mol. The number of rotatable bonds is 7. The molecule has 7 heteroatoms. The summed E-state index contributed by atoms with van der Waals surface area (Å²) in [6.45, 7) is 6.79. The van der Waals surface area contributed by atoms with E-state index in [1.807, 2.05) is 6.92 Å². The summed E-state index contributed by atoms with van der Waals surface area (Å²) in [5, 5.41) is 0.243. The Balaban J connectivity index is 3.22. The van der Waals surface area contributed by atoms with Crippen molar-refractivity contribution in [3.05, 3.63) is 22.2 Å². The number of hydrogen-bond acceptors (Lipinski definition) is 3. The van der Waals surface area contributed by atoms with Crippen LogP contribution in [0.15, 0.2) is 17.0 Å². The second-order valence-corrected chi connectivity index (χ2v) is 7.60. The summed E-state index contributed by atoms with van der Waals surface area (Å²) < 4.78 is 27.0. The van der Waals surface area contributed by atoms with E-state index >= 15 is 0 Å². The molecule has 0 fully saturated rings. The lowest BCUT2D eigenvalue weighted by Crippen LogP contribution is -2.35. The summed E-state index contributed by atoms with van der Waals surface area (Å²) in [6.07, 6.45) is 1.86. The van der Waals surface area contributed by atoms with Crippen LogP contribution in [0.5, 0.6) is 0 Å². The van der Waals surface area contributed by atoms with Gasteiger partial charge in [-0.3, -0.25) is 0 Å². The van der Waals surface area contributed by atoms with Crippen molar-refractivity contribution in [2.24, 2.45) is 5.92 Å². The molecule has 0 bridgehead atoms. The summed E-state index contributed by atoms with van der Waals surface area (Å²) in [5.41, 5.74) is 5.82. The average Bonchev–Trinajstić information content (AvgIpc) is 2.45. The van der Waals surface area contributed by atoms with Gasteiger partial charge in [-0.05, 0) is 18.1 Å². The van der Waals surface area contributed by atoms with Crippen molar-refractivity contribution in [2.45, 2.75) is 38.5 Å². The third-order valence-electron chi connectivity index (χ3n) is 3.68. The van der Waals surface area contributed by atoms with Gasteiger partial charge in [0.1, 0.15) is 4.90 Å². The molecular weight excluding hydrogens is 331 g/mol. The van der Waals surface area contributed by atoms with E-state index in [0.717, 1.165) is 12.8 Å². The van der Waals surface area contributed by atoms with E-state index in [4.69, 9.17) is 28.9 Å². The molecule has 2 N–H and O–H groups in total. The van der Waals surface area contributed by atoms with Gasteiger partial charge in [0.2, 0.25) is 10.0 Å². The molecule has 0 aromatic heterocycles. The largest absolute Gasteiger partial charge is 0.396 e. The molecule has 1 rings (SSSR count). The second kappa shape index (κ2) is 7.68. The monoisotopic (exact) mass is 352 g/mol. The fraction of sp³-hybridized carbons (Fsp3) is 0.571. The summed E-state index contributed by atoms with van der Waals surface area (Å²) in [7, 11) is -3.67. The summed E-state index contributed by atoms with van der Waals surface area (Å²) >= 11 is 11.9. The minimum absolute atomic E-state index is 0.00880. The van der Waals surface area contributed by atoms with Gasteiger partial charge in [0.15, 0.2) is 0 Å². The van der Waals surface area contributed by atoms with Gasteiger partial charge in [0, 0.05) is 13.1 Å². The lowest BCUT2D eigenvalue weighted by atomic mass is 10.0. The molecule has 120 valence electrons. The van der Waals surface area contributed by atoms with Gasteiger partial charge in [0.25, 0.3) is 0 Å². The van der Waals surface area contributed by atoms with Crippen LogP contribution in [0.3, 0.4) is 0 Å². The van der Waals surface area contributed by atoms with E-state index in [9.17, 15) is 8.42 Å². The molecule has 0 spiro atoms. The van der Waals surface area contributed by atoms with Crippen LogP contribution in [0.2, 0.25) is 10.0 Å². The number of hydrogen-bond donors (Lipinski definition) is 1. The molecule has 4 nitrogen and oxygen atoms in total. The van der Waals surface area contributed by atoms with Gasteiger partial charge in [-0.2, -0.15) is 4.31 Å². The third kappa shape index (κ3) is 4.03. The molecule has 0 aliphatic carbocycles. The minimum Gasteiger partial charge on any atom is -0.396 e. The number of nitrogens with zero attached hydrogens (tertiary/aromatic N) is 1. The Morgan fingerprint density at radius 3 is 2.24 bits per heavy atom. The van der Waals surface area contributed by atoms with Crippen molar-refractivity contribution in [1.82, 2.24) is 4.31 Å². The van der Waals surface area contributed by atoms with Crippen molar-refractivity contribution in [3.8, 4) is 0 Å². The molecule has 0 unspecified atom stereocenters. The minimum atomic E-state index is -3.67. The van der Waals surface area contributed by atoms with Crippen LogP contribution in [0.4, 0.5) is 5.69 Å². The quantitative estimate of drug-likeness (QED) is 0.753. The van der Waals surface area contributed by atoms with Gasteiger partial charge < -0.3 is 5.73 Å². The highest BCUT2D eigenvalue weighted by atomic mass is 35.5. The van der Waals surface area contributed by atoms with Crippen molar-refractivity contribution in [1.29, 1.82) is 0 Å². The predicted molar refractivity (Wildman–Crippen MR) is 89.4 cm³/mol. The Hall–Kier alpha value is -0.490. The standard InChI is InChI=1S/C14H22Cl2N2O2S/c1-4-10(5-2)9-18(6-3)21(19,20)12-8-7-11(15)14(17)13(12)16/h7-8,10H,4-6,9,17H2,1-3H3. The fourth-order valence-corrected chi connectivity index (χ4v) is 4.38. The molecule has 0 radical (unpaired) electrons. The molecule has 0 saturated heterocycles. The molecule has 0 heterocycles. The Labute approximate surface area is 137 Å². The van der Waals surface area contributed by atoms with Crippen molar-refractivity contribution in [3.63, 3.8) is 0 Å². The topological polar surface area (TPSA) is 63.4 Å². The second-order valence-electron chi connectivity index (χ2n) is 4.91. The van der Waals surface area contributed by atoms with Crippen molar-refractivity contribution >= 4 is 38.9 Å². The Kier molecular flexibility index (Phi) is 6.78. The zero-order valence-corrected chi connectivity index (χ0v) is 14.9. The molecule has 0 atom stereocenters. The normalized spacial score (nSPS) is 12.3. The number of nitrogen functional groups attached to an aromatic ring is 1. The van der Waals surface area contributed by atoms with Gasteiger partial charge >= 0.3 is 0 Å². The maximum Gasteiger partial charge on any atom is 0.244 e.